The Labute approximate surface area is 115 Å². The molecular formula is C16H23N3. The van der Waals surface area contributed by atoms with Gasteiger partial charge in [-0.1, -0.05) is 69.4 Å². The highest BCUT2D eigenvalue weighted by Crippen LogP contribution is 2.41. The Hall–Kier alpha value is -1.47. The van der Waals surface area contributed by atoms with Gasteiger partial charge in [-0.3, -0.25) is 0 Å². The Kier molecular flexibility index (Phi) is 3.86. The predicted molar refractivity (Wildman–Crippen MR) is 79.1 cm³/mol. The Bertz CT molecular complexity index is 487. The monoisotopic (exact) mass is 257 g/mol. The van der Waals surface area contributed by atoms with E-state index < -0.39 is 0 Å². The Morgan fingerprint density at radius 1 is 1.16 bits per heavy atom. The highest BCUT2D eigenvalue weighted by Gasteiger charge is 2.33. The summed E-state index contributed by atoms with van der Waals surface area (Å²) in [6.07, 6.45) is 5.51. The van der Waals surface area contributed by atoms with Gasteiger partial charge >= 0.3 is 0 Å². The predicted octanol–water partition coefficient (Wildman–Crippen LogP) is 5.45. The van der Waals surface area contributed by atoms with Crippen LogP contribution < -0.4 is 0 Å². The molecule has 1 aliphatic rings. The van der Waals surface area contributed by atoms with Crippen LogP contribution in [0, 0.1) is 0 Å². The van der Waals surface area contributed by atoms with Gasteiger partial charge in [0.1, 0.15) is 0 Å². The van der Waals surface area contributed by atoms with Crippen LogP contribution in [0.4, 0.5) is 0 Å². The summed E-state index contributed by atoms with van der Waals surface area (Å²) < 4.78 is 0. The van der Waals surface area contributed by atoms with Crippen LogP contribution in [0.1, 0.15) is 64.0 Å². The molecule has 1 aromatic rings. The second kappa shape index (κ2) is 5.26. The minimum atomic E-state index is -0.311. The maximum atomic E-state index is 8.93. The van der Waals surface area contributed by atoms with Crippen molar-refractivity contribution in [1.82, 2.24) is 0 Å². The average Bonchev–Trinajstić information content (AvgIpc) is 2.39. The van der Waals surface area contributed by atoms with Gasteiger partial charge in [-0.2, -0.15) is 0 Å². The molecule has 1 aliphatic carbocycles. The first-order valence-corrected chi connectivity index (χ1v) is 7.15. The third-order valence-corrected chi connectivity index (χ3v) is 4.18. The molecule has 0 amide bonds. The van der Waals surface area contributed by atoms with Gasteiger partial charge in [0, 0.05) is 4.91 Å². The van der Waals surface area contributed by atoms with E-state index in [2.05, 4.69) is 55.1 Å². The zero-order valence-corrected chi connectivity index (χ0v) is 12.2. The molecule has 3 nitrogen and oxygen atoms in total. The first-order valence-electron chi connectivity index (χ1n) is 7.15. The molecule has 1 saturated carbocycles. The molecule has 2 rings (SSSR count). The molecule has 0 bridgehead atoms. The molecule has 1 fully saturated rings. The smallest absolute Gasteiger partial charge is 0.0738 e. The summed E-state index contributed by atoms with van der Waals surface area (Å²) in [6.45, 7) is 6.65. The Morgan fingerprint density at radius 2 is 1.84 bits per heavy atom. The van der Waals surface area contributed by atoms with Gasteiger partial charge in [-0.05, 0) is 34.9 Å². The fraction of sp³-hybridized carbons (Fsp3) is 0.625. The lowest BCUT2D eigenvalue weighted by Crippen LogP contribution is -2.26. The molecular weight excluding hydrogens is 234 g/mol. The molecule has 0 heterocycles. The van der Waals surface area contributed by atoms with Gasteiger partial charge in [0.05, 0.1) is 5.54 Å². The van der Waals surface area contributed by atoms with Gasteiger partial charge < -0.3 is 0 Å². The summed E-state index contributed by atoms with van der Waals surface area (Å²) in [6, 6.07) is 8.62. The quantitative estimate of drug-likeness (QED) is 0.384. The van der Waals surface area contributed by atoms with E-state index in [0.29, 0.717) is 0 Å². The molecule has 0 unspecified atom stereocenters. The lowest BCUT2D eigenvalue weighted by molar-refractivity contribution is 0.301. The molecule has 0 N–H and O–H groups in total. The Morgan fingerprint density at radius 3 is 2.42 bits per heavy atom. The van der Waals surface area contributed by atoms with Gasteiger partial charge in [0.25, 0.3) is 0 Å². The third-order valence-electron chi connectivity index (χ3n) is 4.18. The van der Waals surface area contributed by atoms with Gasteiger partial charge in [-0.15, -0.1) is 0 Å². The zero-order valence-electron chi connectivity index (χ0n) is 12.2. The number of hydrogen-bond acceptors (Lipinski definition) is 1. The summed E-state index contributed by atoms with van der Waals surface area (Å²) in [7, 11) is 0. The second-order valence-electron chi connectivity index (χ2n) is 6.61. The highest BCUT2D eigenvalue weighted by atomic mass is 15.2. The molecule has 3 heteroatoms. The van der Waals surface area contributed by atoms with Gasteiger partial charge in [0.15, 0.2) is 0 Å². The van der Waals surface area contributed by atoms with Crippen LogP contribution in [-0.4, -0.2) is 0 Å². The topological polar surface area (TPSA) is 48.8 Å². The first-order chi connectivity index (χ1) is 8.98. The summed E-state index contributed by atoms with van der Waals surface area (Å²) in [5, 5.41) is 4.19. The molecule has 0 saturated heterocycles. The SMILES string of the molecule is CC(C)(C)c1cccc(C2(N=[N+]=[N-])CCCCC2)c1. The standard InChI is InChI=1S/C16H23N3/c1-15(2,3)13-8-7-9-14(12-13)16(18-19-17)10-5-4-6-11-16/h7-9,12H,4-6,10-11H2,1-3H3. The minimum Gasteiger partial charge on any atom is -0.0826 e. The van der Waals surface area contributed by atoms with Crippen LogP contribution in [0.5, 0.6) is 0 Å². The summed E-state index contributed by atoms with van der Waals surface area (Å²) >= 11 is 0. The second-order valence-corrected chi connectivity index (χ2v) is 6.61. The highest BCUT2D eigenvalue weighted by molar-refractivity contribution is 5.33. The maximum Gasteiger partial charge on any atom is 0.0738 e. The maximum absolute atomic E-state index is 8.93. The van der Waals surface area contributed by atoms with Crippen LogP contribution in [0.2, 0.25) is 0 Å². The van der Waals surface area contributed by atoms with E-state index >= 15 is 0 Å². The van der Waals surface area contributed by atoms with E-state index in [1.807, 2.05) is 0 Å². The number of nitrogens with zero attached hydrogens (tertiary/aromatic N) is 3. The van der Waals surface area contributed by atoms with E-state index in [9.17, 15) is 0 Å². The van der Waals surface area contributed by atoms with Crippen molar-refractivity contribution in [3.8, 4) is 0 Å². The molecule has 1 aromatic carbocycles. The van der Waals surface area contributed by atoms with Crippen molar-refractivity contribution in [2.24, 2.45) is 5.11 Å². The number of hydrogen-bond donors (Lipinski definition) is 0. The van der Waals surface area contributed by atoms with Gasteiger partial charge in [0.2, 0.25) is 0 Å². The fourth-order valence-corrected chi connectivity index (χ4v) is 2.94. The fourth-order valence-electron chi connectivity index (χ4n) is 2.94. The first kappa shape index (κ1) is 14.0. The number of benzene rings is 1. The zero-order chi connectivity index (χ0) is 13.9. The van der Waals surface area contributed by atoms with Crippen LogP contribution >= 0.6 is 0 Å². The largest absolute Gasteiger partial charge is 0.0826 e. The van der Waals surface area contributed by atoms with E-state index in [1.165, 1.54) is 17.5 Å². The van der Waals surface area contributed by atoms with E-state index in [0.717, 1.165) is 25.7 Å². The minimum absolute atomic E-state index is 0.127. The molecule has 0 spiro atoms. The molecule has 0 aromatic heterocycles. The van der Waals surface area contributed by atoms with Crippen molar-refractivity contribution in [1.29, 1.82) is 0 Å². The van der Waals surface area contributed by atoms with Crippen LogP contribution in [0.15, 0.2) is 29.4 Å². The van der Waals surface area contributed by atoms with Crippen LogP contribution in [0.25, 0.3) is 10.4 Å². The molecule has 19 heavy (non-hydrogen) atoms. The number of azide groups is 1. The summed E-state index contributed by atoms with van der Waals surface area (Å²) in [5.41, 5.74) is 11.2. The summed E-state index contributed by atoms with van der Waals surface area (Å²) in [4.78, 5) is 3.12. The molecule has 0 radical (unpaired) electrons. The van der Waals surface area contributed by atoms with Crippen molar-refractivity contribution in [3.63, 3.8) is 0 Å². The van der Waals surface area contributed by atoms with E-state index in [1.54, 1.807) is 0 Å². The normalized spacial score (nSPS) is 18.7. The molecule has 102 valence electrons. The lowest BCUT2D eigenvalue weighted by atomic mass is 9.75. The van der Waals surface area contributed by atoms with Crippen molar-refractivity contribution >= 4 is 0 Å². The third kappa shape index (κ3) is 2.93. The average molecular weight is 257 g/mol. The molecule has 0 aliphatic heterocycles. The number of rotatable bonds is 2. The van der Waals surface area contributed by atoms with Crippen LogP contribution in [0.3, 0.4) is 0 Å². The van der Waals surface area contributed by atoms with E-state index in [-0.39, 0.29) is 11.0 Å². The molecule has 0 atom stereocenters. The van der Waals surface area contributed by atoms with Crippen molar-refractivity contribution in [2.45, 2.75) is 63.8 Å². The van der Waals surface area contributed by atoms with Crippen molar-refractivity contribution in [3.05, 3.63) is 45.8 Å². The Balaban J connectivity index is 2.45. The van der Waals surface area contributed by atoms with Crippen molar-refractivity contribution < 1.29 is 0 Å². The van der Waals surface area contributed by atoms with Crippen LogP contribution in [-0.2, 0) is 11.0 Å². The lowest BCUT2D eigenvalue weighted by Gasteiger charge is -2.34. The van der Waals surface area contributed by atoms with E-state index in [4.69, 9.17) is 5.53 Å². The van der Waals surface area contributed by atoms with Crippen molar-refractivity contribution in [2.75, 3.05) is 0 Å². The summed E-state index contributed by atoms with van der Waals surface area (Å²) in [5.74, 6) is 0. The van der Waals surface area contributed by atoms with Gasteiger partial charge in [-0.25, -0.2) is 0 Å².